The van der Waals surface area contributed by atoms with Crippen LogP contribution in [0.25, 0.3) is 0 Å². The highest BCUT2D eigenvalue weighted by molar-refractivity contribution is 6.34. The molecule has 0 atom stereocenters. The second-order valence-electron chi connectivity index (χ2n) is 6.45. The van der Waals surface area contributed by atoms with Crippen molar-refractivity contribution in [2.45, 2.75) is 6.54 Å². The zero-order valence-electron chi connectivity index (χ0n) is 16.2. The Kier molecular flexibility index (Phi) is 8.31. The molecule has 1 aliphatic heterocycles. The Morgan fingerprint density at radius 2 is 1.76 bits per heavy atom. The molecular weight excluding hydrogens is 508 g/mol. The number of aromatic nitrogens is 2. The summed E-state index contributed by atoms with van der Waals surface area (Å²) in [6.07, 6.45) is 1.34. The van der Waals surface area contributed by atoms with E-state index in [2.05, 4.69) is 25.9 Å². The molecule has 2 amide bonds. The Hall–Kier alpha value is -3.28. The van der Waals surface area contributed by atoms with Crippen LogP contribution in [0.4, 0.5) is 24.7 Å². The van der Waals surface area contributed by atoms with Crippen molar-refractivity contribution in [1.29, 1.82) is 0 Å². The second kappa shape index (κ2) is 10.6. The second-order valence-corrected chi connectivity index (χ2v) is 6.86. The van der Waals surface area contributed by atoms with Gasteiger partial charge in [0.15, 0.2) is 17.5 Å². The van der Waals surface area contributed by atoms with E-state index < -0.39 is 29.3 Å². The normalized spacial score (nSPS) is 11.7. The lowest BCUT2D eigenvalue weighted by Gasteiger charge is -2.24. The van der Waals surface area contributed by atoms with Gasteiger partial charge in [-0.05, 0) is 29.8 Å². The molecule has 8 nitrogen and oxygen atoms in total. The summed E-state index contributed by atoms with van der Waals surface area (Å²) >= 11 is 5.77. The van der Waals surface area contributed by atoms with Gasteiger partial charge in [-0.2, -0.15) is 5.10 Å². The Balaban J connectivity index is 0.00000193. The summed E-state index contributed by atoms with van der Waals surface area (Å²) in [4.78, 5) is 28.7. The summed E-state index contributed by atoms with van der Waals surface area (Å²) in [6.45, 7) is 0.261. The number of halogens is 6. The fourth-order valence-electron chi connectivity index (χ4n) is 2.79. The molecule has 0 bridgehead atoms. The molecule has 0 unspecified atom stereocenters. The number of rotatable bonds is 4. The minimum absolute atomic E-state index is 0. The Labute approximate surface area is 202 Å². The molecule has 0 saturated carbocycles. The van der Waals surface area contributed by atoms with Crippen molar-refractivity contribution in [3.63, 3.8) is 0 Å². The lowest BCUT2D eigenvalue weighted by Crippen LogP contribution is -2.41. The third-order valence-corrected chi connectivity index (χ3v) is 4.60. The first kappa shape index (κ1) is 26.0. The van der Waals surface area contributed by atoms with Crippen molar-refractivity contribution < 1.29 is 22.8 Å². The summed E-state index contributed by atoms with van der Waals surface area (Å²) < 4.78 is 39.8. The van der Waals surface area contributed by atoms with Crippen LogP contribution in [-0.4, -0.2) is 33.4 Å². The molecule has 0 saturated heterocycles. The van der Waals surface area contributed by atoms with Crippen molar-refractivity contribution in [3.8, 4) is 0 Å². The maximum Gasteiger partial charge on any atom is 0.287 e. The number of carbonyl (C=O) groups is 2. The molecule has 0 spiro atoms. The van der Waals surface area contributed by atoms with E-state index in [4.69, 9.17) is 11.6 Å². The summed E-state index contributed by atoms with van der Waals surface area (Å²) in [5.41, 5.74) is 3.45. The van der Waals surface area contributed by atoms with Gasteiger partial charge in [-0.3, -0.25) is 25.1 Å². The number of hydrazine groups is 1. The van der Waals surface area contributed by atoms with Crippen LogP contribution in [-0.2, 0) is 6.54 Å². The number of anilines is 1. The summed E-state index contributed by atoms with van der Waals surface area (Å²) in [6, 6.07) is 6.73. The average Bonchev–Trinajstić information content (AvgIpc) is 3.19. The first-order chi connectivity index (χ1) is 14.8. The number of hydrogen-bond donors (Lipinski definition) is 3. The SMILES string of the molecule is Cl.Cl.O=C(NN1C=Nc2cc(F)ccc2C1)c1cc(NC(=O)c2cc(F)c(F)cc2Cl)n[nH]1. The molecule has 14 heteroatoms. The van der Waals surface area contributed by atoms with Crippen LogP contribution < -0.4 is 10.7 Å². The van der Waals surface area contributed by atoms with Gasteiger partial charge < -0.3 is 5.32 Å². The highest BCUT2D eigenvalue weighted by Gasteiger charge is 2.19. The molecule has 2 aromatic carbocycles. The molecule has 3 N–H and O–H groups in total. The van der Waals surface area contributed by atoms with Crippen molar-refractivity contribution in [2.75, 3.05) is 5.32 Å². The Bertz CT molecular complexity index is 1240. The number of nitrogens with zero attached hydrogens (tertiary/aromatic N) is 3. The molecule has 1 aliphatic rings. The van der Waals surface area contributed by atoms with Crippen LogP contribution >= 0.6 is 36.4 Å². The topological polar surface area (TPSA) is 102 Å². The predicted molar refractivity (Wildman–Crippen MR) is 120 cm³/mol. The predicted octanol–water partition coefficient (Wildman–Crippen LogP) is 4.40. The van der Waals surface area contributed by atoms with Gasteiger partial charge in [0.2, 0.25) is 0 Å². The van der Waals surface area contributed by atoms with Gasteiger partial charge in [0.05, 0.1) is 22.8 Å². The smallest absolute Gasteiger partial charge is 0.287 e. The van der Waals surface area contributed by atoms with Crippen LogP contribution in [0.2, 0.25) is 5.02 Å². The lowest BCUT2D eigenvalue weighted by molar-refractivity contribution is 0.0862. The minimum Gasteiger partial charge on any atom is -0.305 e. The van der Waals surface area contributed by atoms with E-state index >= 15 is 0 Å². The fourth-order valence-corrected chi connectivity index (χ4v) is 3.02. The van der Waals surface area contributed by atoms with E-state index in [0.29, 0.717) is 23.4 Å². The summed E-state index contributed by atoms with van der Waals surface area (Å²) in [7, 11) is 0. The van der Waals surface area contributed by atoms with E-state index in [9.17, 15) is 22.8 Å². The van der Waals surface area contributed by atoms with E-state index in [-0.39, 0.29) is 53.5 Å². The number of fused-ring (bicyclic) bond motifs is 1. The van der Waals surface area contributed by atoms with Crippen LogP contribution in [0.15, 0.2) is 41.4 Å². The number of aromatic amines is 1. The first-order valence-corrected chi connectivity index (χ1v) is 9.09. The average molecular weight is 522 g/mol. The molecule has 2 heterocycles. The zero-order valence-corrected chi connectivity index (χ0v) is 18.6. The molecule has 174 valence electrons. The van der Waals surface area contributed by atoms with Crippen molar-refractivity contribution in [3.05, 3.63) is 75.7 Å². The molecule has 33 heavy (non-hydrogen) atoms. The largest absolute Gasteiger partial charge is 0.305 e. The number of hydrogen-bond acceptors (Lipinski definition) is 5. The number of nitrogens with one attached hydrogen (secondary N) is 3. The van der Waals surface area contributed by atoms with Gasteiger partial charge in [-0.1, -0.05) is 17.7 Å². The molecule has 4 rings (SSSR count). The highest BCUT2D eigenvalue weighted by atomic mass is 35.5. The number of amides is 2. The van der Waals surface area contributed by atoms with Crippen LogP contribution in [0.3, 0.4) is 0 Å². The number of aliphatic imine (C=N–C) groups is 1. The van der Waals surface area contributed by atoms with Crippen LogP contribution in [0.5, 0.6) is 0 Å². The molecular formula is C19H14Cl3F3N6O2. The quantitative estimate of drug-likeness (QED) is 0.443. The van der Waals surface area contributed by atoms with E-state index in [1.807, 2.05) is 0 Å². The third kappa shape index (κ3) is 5.75. The molecule has 0 fully saturated rings. The minimum atomic E-state index is -1.23. The highest BCUT2D eigenvalue weighted by Crippen LogP contribution is 2.24. The maximum atomic E-state index is 13.4. The van der Waals surface area contributed by atoms with Crippen molar-refractivity contribution in [2.24, 2.45) is 4.99 Å². The summed E-state index contributed by atoms with van der Waals surface area (Å²) in [5.74, 6) is -4.29. The number of H-pyrrole nitrogens is 1. The van der Waals surface area contributed by atoms with E-state index in [1.54, 1.807) is 6.07 Å². The van der Waals surface area contributed by atoms with Crippen molar-refractivity contribution in [1.82, 2.24) is 20.6 Å². The van der Waals surface area contributed by atoms with Gasteiger partial charge in [0.1, 0.15) is 17.8 Å². The van der Waals surface area contributed by atoms with Gasteiger partial charge in [-0.25, -0.2) is 18.2 Å². The molecule has 0 radical (unpaired) electrons. The monoisotopic (exact) mass is 520 g/mol. The van der Waals surface area contributed by atoms with Gasteiger partial charge >= 0.3 is 0 Å². The zero-order chi connectivity index (χ0) is 22.1. The number of benzene rings is 2. The lowest BCUT2D eigenvalue weighted by atomic mass is 10.1. The standard InChI is InChI=1S/C19H12ClF3N6O2.2ClH/c20-12-5-14(23)13(22)4-11(12)18(30)25-17-6-16(26-27-17)19(31)28-29-7-9-1-2-10(21)3-15(9)24-8-29;;/h1-6,8H,7H2,(H,28,31)(H2,25,26,27,30);2*1H. The third-order valence-electron chi connectivity index (χ3n) is 4.29. The number of carbonyl (C=O) groups excluding carboxylic acids is 2. The van der Waals surface area contributed by atoms with Gasteiger partial charge in [0, 0.05) is 6.07 Å². The Morgan fingerprint density at radius 1 is 1.03 bits per heavy atom. The van der Waals surface area contributed by atoms with Gasteiger partial charge in [0.25, 0.3) is 11.8 Å². The Morgan fingerprint density at radius 3 is 2.52 bits per heavy atom. The van der Waals surface area contributed by atoms with Gasteiger partial charge in [-0.15, -0.1) is 24.8 Å². The van der Waals surface area contributed by atoms with Crippen LogP contribution in [0, 0.1) is 17.5 Å². The van der Waals surface area contributed by atoms with Crippen LogP contribution in [0.1, 0.15) is 26.4 Å². The first-order valence-electron chi connectivity index (χ1n) is 8.71. The van der Waals surface area contributed by atoms with E-state index in [0.717, 1.165) is 0 Å². The van der Waals surface area contributed by atoms with E-state index in [1.165, 1.54) is 29.5 Å². The molecule has 3 aromatic rings. The maximum absolute atomic E-state index is 13.4. The summed E-state index contributed by atoms with van der Waals surface area (Å²) in [5, 5.41) is 9.68. The fraction of sp³-hybridized carbons (Fsp3) is 0.0526. The molecule has 0 aliphatic carbocycles. The molecule has 1 aromatic heterocycles. The van der Waals surface area contributed by atoms with Crippen molar-refractivity contribution >= 4 is 66.1 Å².